The minimum Gasteiger partial charge on any atom is -0.512 e. The molecule has 1 N–H and O–H groups in total. The van der Waals surface area contributed by atoms with Crippen molar-refractivity contribution in [2.75, 3.05) is 0 Å². The van der Waals surface area contributed by atoms with E-state index >= 15 is 0 Å². The third-order valence-corrected chi connectivity index (χ3v) is 7.43. The SMILES string of the molecule is CC(=O)/C=C(/C)O.Cc1[c-]c(-c2nc3cc(C)c(C)c(C)c3c3sc4ccccc4c23)cc(C)c1.[Ir]. The summed E-state index contributed by atoms with van der Waals surface area (Å²) in [5, 5.41) is 12.2. The molecule has 0 aliphatic heterocycles. The van der Waals surface area contributed by atoms with Crippen molar-refractivity contribution in [2.45, 2.75) is 48.5 Å². The van der Waals surface area contributed by atoms with Gasteiger partial charge in [-0.25, -0.2) is 0 Å². The molecule has 0 amide bonds. The number of aliphatic hydroxyl groups excluding tert-OH is 1. The van der Waals surface area contributed by atoms with E-state index in [9.17, 15) is 4.79 Å². The van der Waals surface area contributed by atoms with Gasteiger partial charge in [-0.15, -0.1) is 46.2 Å². The molecule has 187 valence electrons. The third kappa shape index (κ3) is 5.44. The number of ketones is 1. The van der Waals surface area contributed by atoms with E-state index in [1.165, 1.54) is 67.7 Å². The molecule has 0 bridgehead atoms. The number of thiophene rings is 1. The van der Waals surface area contributed by atoms with Gasteiger partial charge in [0.15, 0.2) is 5.78 Å². The summed E-state index contributed by atoms with van der Waals surface area (Å²) in [4.78, 5) is 15.2. The first-order chi connectivity index (χ1) is 16.6. The first-order valence-electron chi connectivity index (χ1n) is 11.7. The van der Waals surface area contributed by atoms with Gasteiger partial charge in [0.05, 0.1) is 11.3 Å². The van der Waals surface area contributed by atoms with Crippen LogP contribution >= 0.6 is 11.3 Å². The fourth-order valence-corrected chi connectivity index (χ4v) is 5.90. The molecule has 0 atom stereocenters. The molecular weight excluding hydrogens is 643 g/mol. The second-order valence-corrected chi connectivity index (χ2v) is 10.3. The van der Waals surface area contributed by atoms with Crippen molar-refractivity contribution in [1.82, 2.24) is 4.98 Å². The van der Waals surface area contributed by atoms with Crippen molar-refractivity contribution in [2.24, 2.45) is 0 Å². The number of hydrogen-bond acceptors (Lipinski definition) is 4. The molecule has 2 aromatic heterocycles. The van der Waals surface area contributed by atoms with E-state index in [2.05, 4.69) is 83.1 Å². The number of benzene rings is 3. The van der Waals surface area contributed by atoms with Crippen LogP contribution in [0, 0.1) is 40.7 Å². The number of carbonyl (C=O) groups is 1. The maximum Gasteiger partial charge on any atom is 0.155 e. The van der Waals surface area contributed by atoms with Crippen molar-refractivity contribution >= 4 is 48.2 Å². The van der Waals surface area contributed by atoms with Crippen LogP contribution in [0.15, 0.2) is 54.3 Å². The summed E-state index contributed by atoms with van der Waals surface area (Å²) in [6.07, 6.45) is 1.17. The largest absolute Gasteiger partial charge is 0.512 e. The van der Waals surface area contributed by atoms with E-state index in [4.69, 9.17) is 10.1 Å². The molecule has 1 radical (unpaired) electrons. The van der Waals surface area contributed by atoms with Crippen LogP contribution in [-0.2, 0) is 24.9 Å². The van der Waals surface area contributed by atoms with E-state index < -0.39 is 0 Å². The smallest absolute Gasteiger partial charge is 0.155 e. The maximum atomic E-state index is 10.0. The monoisotopic (exact) mass is 673 g/mol. The molecule has 0 aliphatic rings. The van der Waals surface area contributed by atoms with Crippen LogP contribution in [0.4, 0.5) is 0 Å². The molecule has 0 saturated carbocycles. The number of pyridine rings is 1. The second kappa shape index (κ2) is 11.0. The molecule has 5 rings (SSSR count). The van der Waals surface area contributed by atoms with Crippen LogP contribution in [0.3, 0.4) is 0 Å². The molecular formula is C31H30IrNO2S-. The van der Waals surface area contributed by atoms with E-state index in [0.29, 0.717) is 0 Å². The molecule has 5 aromatic rings. The van der Waals surface area contributed by atoms with Gasteiger partial charge in [0.1, 0.15) is 0 Å². The number of fused-ring (bicyclic) bond motifs is 5. The molecule has 0 aliphatic carbocycles. The summed E-state index contributed by atoms with van der Waals surface area (Å²) in [5.41, 5.74) is 9.63. The summed E-state index contributed by atoms with van der Waals surface area (Å²) in [6.45, 7) is 13.7. The average Bonchev–Trinajstić information content (AvgIpc) is 3.15. The Hall–Kier alpha value is -2.85. The van der Waals surface area contributed by atoms with Gasteiger partial charge in [-0.1, -0.05) is 32.0 Å². The maximum absolute atomic E-state index is 10.0. The number of nitrogens with zero attached hydrogens (tertiary/aromatic N) is 1. The molecule has 0 saturated heterocycles. The van der Waals surface area contributed by atoms with Gasteiger partial charge >= 0.3 is 0 Å². The Kier molecular flexibility index (Phi) is 8.51. The Bertz CT molecular complexity index is 1620. The number of hydrogen-bond donors (Lipinski definition) is 1. The minimum absolute atomic E-state index is 0. The van der Waals surface area contributed by atoms with Crippen LogP contribution in [0.5, 0.6) is 0 Å². The predicted octanol–water partition coefficient (Wildman–Crippen LogP) is 8.65. The minimum atomic E-state index is -0.125. The Morgan fingerprint density at radius 1 is 0.972 bits per heavy atom. The van der Waals surface area contributed by atoms with Crippen LogP contribution in [-0.4, -0.2) is 15.9 Å². The zero-order valence-electron chi connectivity index (χ0n) is 21.7. The average molecular weight is 673 g/mol. The molecule has 0 spiro atoms. The summed E-state index contributed by atoms with van der Waals surface area (Å²) in [6, 6.07) is 18.9. The van der Waals surface area contributed by atoms with Crippen molar-refractivity contribution in [3.8, 4) is 11.3 Å². The van der Waals surface area contributed by atoms with E-state index in [-0.39, 0.29) is 31.6 Å². The number of carbonyl (C=O) groups excluding carboxylic acids is 1. The zero-order valence-corrected chi connectivity index (χ0v) is 24.9. The number of aryl methyl sites for hydroxylation is 4. The Morgan fingerprint density at radius 3 is 2.28 bits per heavy atom. The number of aromatic nitrogens is 1. The van der Waals surface area contributed by atoms with E-state index in [1.807, 2.05) is 11.3 Å². The van der Waals surface area contributed by atoms with Gasteiger partial charge in [0.2, 0.25) is 0 Å². The van der Waals surface area contributed by atoms with Crippen LogP contribution < -0.4 is 0 Å². The molecule has 2 heterocycles. The van der Waals surface area contributed by atoms with Gasteiger partial charge in [0, 0.05) is 41.0 Å². The third-order valence-electron chi connectivity index (χ3n) is 6.25. The fourth-order valence-electron chi connectivity index (χ4n) is 4.58. The number of aliphatic hydroxyl groups is 1. The van der Waals surface area contributed by atoms with Crippen LogP contribution in [0.2, 0.25) is 0 Å². The van der Waals surface area contributed by atoms with E-state index in [0.717, 1.165) is 22.3 Å². The van der Waals surface area contributed by atoms with Gasteiger partial charge in [-0.3, -0.25) is 9.78 Å². The van der Waals surface area contributed by atoms with Gasteiger partial charge in [-0.2, -0.15) is 0 Å². The van der Waals surface area contributed by atoms with Crippen LogP contribution in [0.25, 0.3) is 42.3 Å². The summed E-state index contributed by atoms with van der Waals surface area (Å²) in [7, 11) is 0. The Balaban J connectivity index is 0.000000400. The molecule has 36 heavy (non-hydrogen) atoms. The van der Waals surface area contributed by atoms with Gasteiger partial charge in [0.25, 0.3) is 0 Å². The molecule has 3 aromatic carbocycles. The zero-order chi connectivity index (χ0) is 25.4. The van der Waals surface area contributed by atoms with Crippen molar-refractivity contribution in [3.05, 3.63) is 88.2 Å². The Morgan fingerprint density at radius 2 is 1.67 bits per heavy atom. The molecule has 3 nitrogen and oxygen atoms in total. The normalized spacial score (nSPS) is 11.4. The Labute approximate surface area is 230 Å². The molecule has 0 fully saturated rings. The molecule has 0 unspecified atom stereocenters. The summed E-state index contributed by atoms with van der Waals surface area (Å²) >= 11 is 1.88. The standard InChI is InChI=1S/C26H22NS.C5H8O2.Ir/c1-14-10-15(2)12-19(11-14)25-24-20-8-6-7-9-22(20)28-26(24)23-18(5)17(4)16(3)13-21(23)27-25;1-4(6)3-5(2)7;/h6-11,13H,1-5H3;3,6H,1-2H3;/q-1;;/b;4-3-;. The molecule has 5 heteroatoms. The number of rotatable bonds is 2. The van der Waals surface area contributed by atoms with Gasteiger partial charge < -0.3 is 5.11 Å². The fraction of sp³-hybridized carbons (Fsp3) is 0.226. The van der Waals surface area contributed by atoms with Crippen LogP contribution in [0.1, 0.15) is 41.7 Å². The summed E-state index contributed by atoms with van der Waals surface area (Å²) < 4.78 is 2.66. The van der Waals surface area contributed by atoms with Crippen molar-refractivity contribution in [3.63, 3.8) is 0 Å². The first kappa shape index (κ1) is 27.7. The van der Waals surface area contributed by atoms with Crippen molar-refractivity contribution < 1.29 is 30.0 Å². The quantitative estimate of drug-likeness (QED) is 0.116. The topological polar surface area (TPSA) is 50.2 Å². The second-order valence-electron chi connectivity index (χ2n) is 9.25. The van der Waals surface area contributed by atoms with Crippen molar-refractivity contribution in [1.29, 1.82) is 0 Å². The predicted molar refractivity (Wildman–Crippen MR) is 150 cm³/mol. The van der Waals surface area contributed by atoms with E-state index in [1.54, 1.807) is 0 Å². The number of allylic oxidation sites excluding steroid dienone is 2. The summed E-state index contributed by atoms with van der Waals surface area (Å²) in [5.74, 6) is -0.0625. The first-order valence-corrected chi connectivity index (χ1v) is 12.5. The van der Waals surface area contributed by atoms with Gasteiger partial charge in [-0.05, 0) is 79.9 Å².